The van der Waals surface area contributed by atoms with Crippen LogP contribution in [0.4, 0.5) is 5.69 Å². The Balaban J connectivity index is 1.66. The quantitative estimate of drug-likeness (QED) is 0.376. The first-order chi connectivity index (χ1) is 16.3. The number of hydrogen-bond donors (Lipinski definition) is 1. The summed E-state index contributed by atoms with van der Waals surface area (Å²) < 4.78 is 33.3. The average Bonchev–Trinajstić information content (AvgIpc) is 2.82. The molecule has 1 amide bonds. The van der Waals surface area contributed by atoms with E-state index in [1.807, 2.05) is 38.1 Å². The van der Waals surface area contributed by atoms with Crippen LogP contribution in [-0.2, 0) is 21.2 Å². The lowest BCUT2D eigenvalue weighted by molar-refractivity contribution is -0.119. The van der Waals surface area contributed by atoms with Gasteiger partial charge in [-0.2, -0.15) is 0 Å². The van der Waals surface area contributed by atoms with Crippen molar-refractivity contribution in [1.82, 2.24) is 5.32 Å². The van der Waals surface area contributed by atoms with Crippen molar-refractivity contribution in [3.8, 4) is 5.75 Å². The van der Waals surface area contributed by atoms with Crippen molar-refractivity contribution in [3.05, 3.63) is 88.9 Å². The third-order valence-corrected chi connectivity index (χ3v) is 7.31. The molecule has 6 nitrogen and oxygen atoms in total. The fraction of sp³-hybridized carbons (Fsp3) is 0.269. The molecule has 0 saturated heterocycles. The zero-order chi connectivity index (χ0) is 24.6. The Bertz CT molecular complexity index is 1200. The number of anilines is 1. The van der Waals surface area contributed by atoms with Crippen molar-refractivity contribution in [2.75, 3.05) is 24.0 Å². The van der Waals surface area contributed by atoms with E-state index < -0.39 is 15.9 Å². The molecule has 0 unspecified atom stereocenters. The minimum absolute atomic E-state index is 0.0984. The van der Waals surface area contributed by atoms with E-state index in [4.69, 9.17) is 16.3 Å². The predicted octanol–water partition coefficient (Wildman–Crippen LogP) is 4.99. The summed E-state index contributed by atoms with van der Waals surface area (Å²) >= 11 is 6.30. The number of halogens is 1. The van der Waals surface area contributed by atoms with Gasteiger partial charge in [-0.25, -0.2) is 8.42 Å². The minimum Gasteiger partial charge on any atom is -0.494 e. The summed E-state index contributed by atoms with van der Waals surface area (Å²) in [6.45, 7) is 4.49. The Hall–Kier alpha value is -3.03. The van der Waals surface area contributed by atoms with E-state index in [1.54, 1.807) is 36.4 Å². The van der Waals surface area contributed by atoms with Crippen LogP contribution in [0, 0.1) is 6.92 Å². The Morgan fingerprint density at radius 2 is 1.68 bits per heavy atom. The molecule has 0 aliphatic rings. The summed E-state index contributed by atoms with van der Waals surface area (Å²) in [7, 11) is -3.99. The molecule has 0 heterocycles. The fourth-order valence-electron chi connectivity index (χ4n) is 3.42. The summed E-state index contributed by atoms with van der Waals surface area (Å²) in [5.74, 6) is 0.427. The van der Waals surface area contributed by atoms with Crippen LogP contribution < -0.4 is 14.4 Å². The molecule has 0 radical (unpaired) electrons. The van der Waals surface area contributed by atoms with Crippen molar-refractivity contribution >= 4 is 33.2 Å². The molecule has 34 heavy (non-hydrogen) atoms. The van der Waals surface area contributed by atoms with E-state index in [1.165, 1.54) is 12.1 Å². The van der Waals surface area contributed by atoms with Gasteiger partial charge in [0.2, 0.25) is 5.91 Å². The number of ether oxygens (including phenoxy) is 1. The van der Waals surface area contributed by atoms with Crippen LogP contribution in [0.15, 0.2) is 77.7 Å². The second-order valence-corrected chi connectivity index (χ2v) is 10.1. The molecule has 0 aromatic heterocycles. The maximum Gasteiger partial charge on any atom is 0.264 e. The minimum atomic E-state index is -3.99. The van der Waals surface area contributed by atoms with E-state index in [2.05, 4.69) is 5.32 Å². The third kappa shape index (κ3) is 6.74. The van der Waals surface area contributed by atoms with Crippen LogP contribution >= 0.6 is 11.6 Å². The number of carbonyl (C=O) groups excluding carboxylic acids is 1. The van der Waals surface area contributed by atoms with Crippen LogP contribution in [0.3, 0.4) is 0 Å². The lowest BCUT2D eigenvalue weighted by atomic mass is 10.1. The zero-order valence-electron chi connectivity index (χ0n) is 19.3. The summed E-state index contributed by atoms with van der Waals surface area (Å²) in [6, 6.07) is 20.9. The highest BCUT2D eigenvalue weighted by Crippen LogP contribution is 2.30. The second-order valence-electron chi connectivity index (χ2n) is 7.81. The Kier molecular flexibility index (Phi) is 8.96. The number of nitrogens with zero attached hydrogens (tertiary/aromatic N) is 1. The van der Waals surface area contributed by atoms with Crippen molar-refractivity contribution < 1.29 is 17.9 Å². The summed E-state index contributed by atoms with van der Waals surface area (Å²) in [5, 5.41) is 3.08. The van der Waals surface area contributed by atoms with Crippen LogP contribution in [0.1, 0.15) is 24.5 Å². The molecule has 0 saturated carbocycles. The number of benzene rings is 3. The van der Waals surface area contributed by atoms with E-state index in [0.717, 1.165) is 34.0 Å². The van der Waals surface area contributed by atoms with Crippen molar-refractivity contribution in [3.63, 3.8) is 0 Å². The van der Waals surface area contributed by atoms with Crippen LogP contribution in [0.25, 0.3) is 0 Å². The molecule has 0 atom stereocenters. The first kappa shape index (κ1) is 25.6. The van der Waals surface area contributed by atoms with Crippen molar-refractivity contribution in [1.29, 1.82) is 0 Å². The largest absolute Gasteiger partial charge is 0.494 e. The molecule has 0 spiro atoms. The first-order valence-electron chi connectivity index (χ1n) is 11.1. The molecule has 0 aliphatic carbocycles. The molecule has 8 heteroatoms. The van der Waals surface area contributed by atoms with Gasteiger partial charge in [0.05, 0.1) is 22.2 Å². The van der Waals surface area contributed by atoms with Crippen LogP contribution in [0.2, 0.25) is 5.02 Å². The van der Waals surface area contributed by atoms with Gasteiger partial charge in [-0.3, -0.25) is 9.10 Å². The number of nitrogens with one attached hydrogen (secondary N) is 1. The number of sulfonamides is 1. The summed E-state index contributed by atoms with van der Waals surface area (Å²) in [6.07, 6.45) is 1.50. The normalized spacial score (nSPS) is 11.1. The highest BCUT2D eigenvalue weighted by Gasteiger charge is 2.28. The van der Waals surface area contributed by atoms with E-state index >= 15 is 0 Å². The highest BCUT2D eigenvalue weighted by molar-refractivity contribution is 7.92. The lowest BCUT2D eigenvalue weighted by Crippen LogP contribution is -2.41. The van der Waals surface area contributed by atoms with Gasteiger partial charge in [-0.15, -0.1) is 0 Å². The van der Waals surface area contributed by atoms with E-state index in [-0.39, 0.29) is 22.2 Å². The zero-order valence-corrected chi connectivity index (χ0v) is 20.9. The SMILES string of the molecule is CCOc1ccc(CCCNC(=O)CN(c2ccccc2Cl)S(=O)(=O)c2ccc(C)cc2)cc1. The Labute approximate surface area is 206 Å². The molecule has 1 N–H and O–H groups in total. The van der Waals surface area contributed by atoms with E-state index in [9.17, 15) is 13.2 Å². The summed E-state index contributed by atoms with van der Waals surface area (Å²) in [5.41, 5.74) is 2.33. The fourth-order valence-corrected chi connectivity index (χ4v) is 5.14. The number of para-hydroxylation sites is 1. The van der Waals surface area contributed by atoms with Crippen molar-refractivity contribution in [2.24, 2.45) is 0 Å². The lowest BCUT2D eigenvalue weighted by Gasteiger charge is -2.25. The molecule has 0 bridgehead atoms. The molecular formula is C26H29ClN2O4S. The predicted molar refractivity (Wildman–Crippen MR) is 136 cm³/mol. The smallest absolute Gasteiger partial charge is 0.264 e. The van der Waals surface area contributed by atoms with E-state index in [0.29, 0.717) is 13.2 Å². The van der Waals surface area contributed by atoms with Gasteiger partial charge in [0, 0.05) is 6.54 Å². The number of hydrogen-bond acceptors (Lipinski definition) is 4. The number of carbonyl (C=O) groups is 1. The average molecular weight is 501 g/mol. The molecule has 180 valence electrons. The number of rotatable bonds is 11. The van der Waals surface area contributed by atoms with Gasteiger partial charge in [0.15, 0.2) is 0 Å². The van der Waals surface area contributed by atoms with Gasteiger partial charge in [0.25, 0.3) is 10.0 Å². The molecule has 0 fully saturated rings. The summed E-state index contributed by atoms with van der Waals surface area (Å²) in [4.78, 5) is 12.8. The van der Waals surface area contributed by atoms with Gasteiger partial charge >= 0.3 is 0 Å². The van der Waals surface area contributed by atoms with Gasteiger partial charge in [-0.1, -0.05) is 53.6 Å². The number of amides is 1. The van der Waals surface area contributed by atoms with Crippen LogP contribution in [-0.4, -0.2) is 34.0 Å². The van der Waals surface area contributed by atoms with Gasteiger partial charge < -0.3 is 10.1 Å². The molecule has 3 aromatic rings. The first-order valence-corrected chi connectivity index (χ1v) is 13.0. The monoisotopic (exact) mass is 500 g/mol. The Morgan fingerprint density at radius 1 is 1.00 bits per heavy atom. The molecule has 3 aromatic carbocycles. The number of aryl methyl sites for hydroxylation is 2. The molecule has 3 rings (SSSR count). The van der Waals surface area contributed by atoms with Gasteiger partial charge in [0.1, 0.15) is 12.3 Å². The maximum absolute atomic E-state index is 13.4. The second kappa shape index (κ2) is 11.9. The standard InChI is InChI=1S/C26H29ClN2O4S/c1-3-33-22-14-12-21(13-15-22)7-6-18-28-26(30)19-29(25-9-5-4-8-24(25)27)34(31,32)23-16-10-20(2)11-17-23/h4-5,8-17H,3,6-7,18-19H2,1-2H3,(H,28,30). The molecular weight excluding hydrogens is 472 g/mol. The molecule has 0 aliphatic heterocycles. The maximum atomic E-state index is 13.4. The topological polar surface area (TPSA) is 75.7 Å². The Morgan fingerprint density at radius 3 is 2.32 bits per heavy atom. The van der Waals surface area contributed by atoms with Gasteiger partial charge in [-0.05, 0) is 68.7 Å². The van der Waals surface area contributed by atoms with Crippen molar-refractivity contribution in [2.45, 2.75) is 31.6 Å². The highest BCUT2D eigenvalue weighted by atomic mass is 35.5. The third-order valence-electron chi connectivity index (χ3n) is 5.22. The van der Waals surface area contributed by atoms with Crippen LogP contribution in [0.5, 0.6) is 5.75 Å².